The summed E-state index contributed by atoms with van der Waals surface area (Å²) >= 11 is 0. The van der Waals surface area contributed by atoms with Crippen molar-refractivity contribution >= 4 is 15.9 Å². The van der Waals surface area contributed by atoms with Gasteiger partial charge in [-0.25, -0.2) is 13.1 Å². The van der Waals surface area contributed by atoms with Crippen molar-refractivity contribution in [1.82, 2.24) is 20.3 Å². The standard InChI is InChI=1S/C16H28N4O4S/c1-12(2)20-25(22,23)13-8-14(18-9-13)15(21)19-10-16(11-24-3)4-6-17-7-5-16/h8-9,12,17-18,20H,4-7,10-11H2,1-3H3,(H,19,21). The molecule has 1 amide bonds. The van der Waals surface area contributed by atoms with E-state index in [0.29, 0.717) is 13.2 Å². The van der Waals surface area contributed by atoms with Crippen LogP contribution >= 0.6 is 0 Å². The summed E-state index contributed by atoms with van der Waals surface area (Å²) in [4.78, 5) is 15.2. The molecule has 0 aliphatic carbocycles. The topological polar surface area (TPSA) is 112 Å². The number of ether oxygens (including phenoxy) is 1. The first-order chi connectivity index (χ1) is 11.8. The molecule has 25 heavy (non-hydrogen) atoms. The molecule has 0 atom stereocenters. The molecule has 1 aromatic heterocycles. The van der Waals surface area contributed by atoms with Gasteiger partial charge in [0.1, 0.15) is 10.6 Å². The lowest BCUT2D eigenvalue weighted by Gasteiger charge is -2.37. The van der Waals surface area contributed by atoms with E-state index >= 15 is 0 Å². The van der Waals surface area contributed by atoms with Gasteiger partial charge >= 0.3 is 0 Å². The second-order valence-electron chi connectivity index (χ2n) is 6.89. The SMILES string of the molecule is COCC1(CNC(=O)c2cc(S(=O)(=O)NC(C)C)c[nH]2)CCNCC1. The van der Waals surface area contributed by atoms with Gasteiger partial charge in [0.05, 0.1) is 6.61 Å². The van der Waals surface area contributed by atoms with Crippen molar-refractivity contribution in [2.24, 2.45) is 5.41 Å². The number of aromatic amines is 1. The fourth-order valence-electron chi connectivity index (χ4n) is 3.04. The molecule has 8 nitrogen and oxygen atoms in total. The molecule has 0 spiro atoms. The van der Waals surface area contributed by atoms with Crippen LogP contribution in [0.25, 0.3) is 0 Å². The fraction of sp³-hybridized carbons (Fsp3) is 0.688. The number of methoxy groups -OCH3 is 1. The van der Waals surface area contributed by atoms with Crippen LogP contribution in [0.1, 0.15) is 37.2 Å². The molecule has 0 aromatic carbocycles. The Morgan fingerprint density at radius 3 is 2.64 bits per heavy atom. The minimum atomic E-state index is -3.62. The van der Waals surface area contributed by atoms with E-state index in [1.165, 1.54) is 12.3 Å². The summed E-state index contributed by atoms with van der Waals surface area (Å²) in [5.74, 6) is -0.319. The summed E-state index contributed by atoms with van der Waals surface area (Å²) in [5, 5.41) is 6.21. The van der Waals surface area contributed by atoms with Crippen molar-refractivity contribution in [2.75, 3.05) is 33.4 Å². The third kappa shape index (κ3) is 5.27. The molecule has 0 radical (unpaired) electrons. The van der Waals surface area contributed by atoms with Crippen LogP contribution in [0, 0.1) is 5.41 Å². The highest BCUT2D eigenvalue weighted by atomic mass is 32.2. The Kier molecular flexibility index (Phi) is 6.61. The number of hydrogen-bond donors (Lipinski definition) is 4. The first-order valence-corrected chi connectivity index (χ1v) is 9.95. The number of carbonyl (C=O) groups excluding carboxylic acids is 1. The second-order valence-corrected chi connectivity index (χ2v) is 8.60. The average molecular weight is 372 g/mol. The summed E-state index contributed by atoms with van der Waals surface area (Å²) in [5.41, 5.74) is 0.140. The number of nitrogens with one attached hydrogen (secondary N) is 4. The Hall–Kier alpha value is -1.42. The summed E-state index contributed by atoms with van der Waals surface area (Å²) in [6.45, 7) is 6.35. The highest BCUT2D eigenvalue weighted by Crippen LogP contribution is 2.28. The predicted molar refractivity (Wildman–Crippen MR) is 95.0 cm³/mol. The van der Waals surface area contributed by atoms with Gasteiger partial charge in [-0.15, -0.1) is 0 Å². The van der Waals surface area contributed by atoms with Crippen molar-refractivity contribution in [1.29, 1.82) is 0 Å². The van der Waals surface area contributed by atoms with Crippen molar-refractivity contribution < 1.29 is 17.9 Å². The summed E-state index contributed by atoms with van der Waals surface area (Å²) in [6.07, 6.45) is 3.17. The summed E-state index contributed by atoms with van der Waals surface area (Å²) in [6, 6.07) is 1.14. The van der Waals surface area contributed by atoms with Gasteiger partial charge in [0.25, 0.3) is 5.91 Å². The van der Waals surface area contributed by atoms with Crippen molar-refractivity contribution in [3.63, 3.8) is 0 Å². The van der Waals surface area contributed by atoms with Gasteiger partial charge in [-0.05, 0) is 45.8 Å². The quantitative estimate of drug-likeness (QED) is 0.529. The van der Waals surface area contributed by atoms with E-state index in [-0.39, 0.29) is 28.0 Å². The zero-order valence-corrected chi connectivity index (χ0v) is 15.8. The smallest absolute Gasteiger partial charge is 0.267 e. The largest absolute Gasteiger partial charge is 0.384 e. The van der Waals surface area contributed by atoms with Crippen LogP contribution in [0.15, 0.2) is 17.2 Å². The van der Waals surface area contributed by atoms with Crippen LogP contribution < -0.4 is 15.4 Å². The van der Waals surface area contributed by atoms with Crippen LogP contribution in [-0.4, -0.2) is 58.7 Å². The van der Waals surface area contributed by atoms with Gasteiger partial charge in [0, 0.05) is 31.3 Å². The number of carbonyl (C=O) groups is 1. The summed E-state index contributed by atoms with van der Waals surface area (Å²) in [7, 11) is -1.96. The Bertz CT molecular complexity index is 673. The molecule has 0 unspecified atom stereocenters. The molecule has 2 heterocycles. The maximum Gasteiger partial charge on any atom is 0.267 e. The molecule has 1 saturated heterocycles. The maximum absolute atomic E-state index is 12.4. The lowest BCUT2D eigenvalue weighted by molar-refractivity contribution is 0.0511. The summed E-state index contributed by atoms with van der Waals surface area (Å²) < 4.78 is 32.1. The Labute approximate surface area is 149 Å². The highest BCUT2D eigenvalue weighted by molar-refractivity contribution is 7.89. The zero-order valence-electron chi connectivity index (χ0n) is 15.0. The second kappa shape index (κ2) is 8.31. The normalized spacial score (nSPS) is 17.6. The molecular weight excluding hydrogens is 344 g/mol. The molecule has 4 N–H and O–H groups in total. The zero-order chi connectivity index (χ0) is 18.5. The van der Waals surface area contributed by atoms with E-state index in [1.807, 2.05) is 0 Å². The van der Waals surface area contributed by atoms with E-state index in [9.17, 15) is 13.2 Å². The molecule has 1 fully saturated rings. The van der Waals surface area contributed by atoms with Crippen molar-refractivity contribution in [3.8, 4) is 0 Å². The van der Waals surface area contributed by atoms with Crippen molar-refractivity contribution in [2.45, 2.75) is 37.6 Å². The Balaban J connectivity index is 2.01. The number of piperidine rings is 1. The number of sulfonamides is 1. The lowest BCUT2D eigenvalue weighted by Crippen LogP contribution is -2.47. The Morgan fingerprint density at radius 2 is 2.04 bits per heavy atom. The number of aromatic nitrogens is 1. The monoisotopic (exact) mass is 372 g/mol. The van der Waals surface area contributed by atoms with Gasteiger partial charge in [0.2, 0.25) is 10.0 Å². The number of amides is 1. The molecule has 0 saturated carbocycles. The minimum absolute atomic E-state index is 0.0554. The van der Waals surface area contributed by atoms with Gasteiger partial charge in [-0.2, -0.15) is 0 Å². The highest BCUT2D eigenvalue weighted by Gasteiger charge is 2.32. The van der Waals surface area contributed by atoms with Gasteiger partial charge < -0.3 is 20.4 Å². The number of hydrogen-bond acceptors (Lipinski definition) is 5. The maximum atomic E-state index is 12.4. The van der Waals surface area contributed by atoms with E-state index in [1.54, 1.807) is 21.0 Å². The minimum Gasteiger partial charge on any atom is -0.384 e. The Morgan fingerprint density at radius 1 is 1.36 bits per heavy atom. The van der Waals surface area contributed by atoms with E-state index in [2.05, 4.69) is 20.3 Å². The van der Waals surface area contributed by atoms with Crippen LogP contribution in [0.5, 0.6) is 0 Å². The van der Waals surface area contributed by atoms with Crippen LogP contribution in [0.3, 0.4) is 0 Å². The van der Waals surface area contributed by atoms with E-state index < -0.39 is 10.0 Å². The lowest BCUT2D eigenvalue weighted by atomic mass is 9.79. The molecule has 1 aliphatic heterocycles. The van der Waals surface area contributed by atoms with Crippen LogP contribution in [-0.2, 0) is 14.8 Å². The third-order valence-electron chi connectivity index (χ3n) is 4.34. The number of rotatable bonds is 8. The molecular formula is C16H28N4O4S. The van der Waals surface area contributed by atoms with Gasteiger partial charge in [-0.3, -0.25) is 4.79 Å². The van der Waals surface area contributed by atoms with E-state index in [0.717, 1.165) is 25.9 Å². The van der Waals surface area contributed by atoms with Crippen LogP contribution in [0.4, 0.5) is 0 Å². The molecule has 9 heteroatoms. The fourth-order valence-corrected chi connectivity index (χ4v) is 4.28. The van der Waals surface area contributed by atoms with Gasteiger partial charge in [-0.1, -0.05) is 0 Å². The molecule has 2 rings (SSSR count). The number of H-pyrrole nitrogens is 1. The van der Waals surface area contributed by atoms with Crippen molar-refractivity contribution in [3.05, 3.63) is 18.0 Å². The molecule has 0 bridgehead atoms. The van der Waals surface area contributed by atoms with E-state index in [4.69, 9.17) is 4.74 Å². The first kappa shape index (κ1) is 19.9. The molecule has 1 aliphatic rings. The molecule has 1 aromatic rings. The predicted octanol–water partition coefficient (Wildman–Crippen LogP) is 0.447. The third-order valence-corrected chi connectivity index (χ3v) is 5.98. The van der Waals surface area contributed by atoms with Gasteiger partial charge in [0.15, 0.2) is 0 Å². The first-order valence-electron chi connectivity index (χ1n) is 8.47. The van der Waals surface area contributed by atoms with Crippen LogP contribution in [0.2, 0.25) is 0 Å². The average Bonchev–Trinajstić information content (AvgIpc) is 3.04. The molecule has 142 valence electrons.